The SMILES string of the molecule is CCCCCCCC[C@H](OC(=O)[C@@H](CCCN(O)C=O)NC(=O)[C@@H](O)COC(=O)c1ccccc1O)[C@H](C)C(=O)N[C@@H](CCCN(O)C(=N)N)C(=O)NO. The highest BCUT2D eigenvalue weighted by Gasteiger charge is 2.34. The number of carbonyl (C=O) groups excluding carboxylic acids is 6. The molecule has 0 aliphatic carbocycles. The van der Waals surface area contributed by atoms with Crippen molar-refractivity contribution >= 4 is 42.0 Å². The van der Waals surface area contributed by atoms with Crippen LogP contribution in [0, 0.1) is 11.3 Å². The number of hydrogen-bond donors (Lipinski definition) is 10. The molecule has 20 nitrogen and oxygen atoms in total. The Morgan fingerprint density at radius 3 is 2.13 bits per heavy atom. The Hall–Kier alpha value is -5.05. The minimum atomic E-state index is -1.97. The second-order valence-corrected chi connectivity index (χ2v) is 12.6. The van der Waals surface area contributed by atoms with Gasteiger partial charge in [-0.2, -0.15) is 0 Å². The molecule has 54 heavy (non-hydrogen) atoms. The number of para-hydroxylation sites is 1. The van der Waals surface area contributed by atoms with Crippen LogP contribution in [0.2, 0.25) is 0 Å². The van der Waals surface area contributed by atoms with Crippen LogP contribution >= 0.6 is 0 Å². The number of carbonyl (C=O) groups is 6. The summed E-state index contributed by atoms with van der Waals surface area (Å²) >= 11 is 0. The van der Waals surface area contributed by atoms with E-state index in [1.807, 2.05) is 0 Å². The van der Waals surface area contributed by atoms with E-state index in [-0.39, 0.29) is 62.9 Å². The number of aliphatic hydroxyl groups is 1. The third kappa shape index (κ3) is 17.6. The Labute approximate surface area is 313 Å². The molecule has 0 heterocycles. The average molecular weight is 770 g/mol. The van der Waals surface area contributed by atoms with E-state index in [9.17, 15) is 54.6 Å². The first-order chi connectivity index (χ1) is 25.7. The van der Waals surface area contributed by atoms with Crippen molar-refractivity contribution < 1.29 is 64.1 Å². The standard InChI is InChI=1S/C34H55N7O13/c1-3-4-5-6-7-8-17-28(22(2)29(45)37-24(30(46)39-50)14-12-19-41(52)34(35)36)54-33(49)25(15-11-18-40(51)21-42)38-31(47)27(44)20-53-32(48)23-13-9-10-16-26(23)43/h9-10,13,16,21-22,24-25,27-28,43-44,50-52H,3-8,11-12,14-15,17-20H2,1-2H3,(H3,35,36)(H,37,45)(H,38,47)(H,39,46)/t22-,24-,25+,27-,28-/m0/s1. The second-order valence-electron chi connectivity index (χ2n) is 12.6. The van der Waals surface area contributed by atoms with Crippen LogP contribution in [0.5, 0.6) is 5.75 Å². The summed E-state index contributed by atoms with van der Waals surface area (Å²) in [4.78, 5) is 75.6. The number of phenolic OH excluding ortho intramolecular Hbond substituents is 1. The van der Waals surface area contributed by atoms with Gasteiger partial charge in [0.15, 0.2) is 6.10 Å². The summed E-state index contributed by atoms with van der Waals surface area (Å²) in [6.45, 7) is 2.28. The van der Waals surface area contributed by atoms with Gasteiger partial charge >= 0.3 is 11.9 Å². The van der Waals surface area contributed by atoms with Gasteiger partial charge < -0.3 is 36.1 Å². The monoisotopic (exact) mass is 769 g/mol. The molecule has 0 saturated heterocycles. The molecule has 4 amide bonds. The second kappa shape index (κ2) is 25.8. The number of rotatable bonds is 27. The van der Waals surface area contributed by atoms with Crippen LogP contribution in [0.3, 0.4) is 0 Å². The van der Waals surface area contributed by atoms with E-state index < -0.39 is 72.4 Å². The fraction of sp³-hybridized carbons (Fsp3) is 0.618. The summed E-state index contributed by atoms with van der Waals surface area (Å²) < 4.78 is 10.7. The van der Waals surface area contributed by atoms with E-state index in [2.05, 4.69) is 17.6 Å². The van der Waals surface area contributed by atoms with Crippen LogP contribution in [0.25, 0.3) is 0 Å². The Bertz CT molecular complexity index is 1370. The fourth-order valence-corrected chi connectivity index (χ4v) is 5.13. The van der Waals surface area contributed by atoms with Crippen LogP contribution in [0.4, 0.5) is 0 Å². The predicted octanol–water partition coefficient (Wildman–Crippen LogP) is 0.676. The topological polar surface area (TPSA) is 314 Å². The number of aromatic hydroxyl groups is 1. The van der Waals surface area contributed by atoms with E-state index in [1.54, 1.807) is 0 Å². The lowest BCUT2D eigenvalue weighted by Crippen LogP contribution is -2.51. The molecule has 0 aliphatic rings. The highest BCUT2D eigenvalue weighted by Crippen LogP contribution is 2.20. The Morgan fingerprint density at radius 1 is 0.889 bits per heavy atom. The summed E-state index contributed by atoms with van der Waals surface area (Å²) in [5, 5.41) is 61.5. The van der Waals surface area contributed by atoms with Crippen molar-refractivity contribution in [3.8, 4) is 5.75 Å². The van der Waals surface area contributed by atoms with Gasteiger partial charge in [-0.1, -0.05) is 58.1 Å². The first kappa shape index (κ1) is 47.0. The molecular weight excluding hydrogens is 714 g/mol. The lowest BCUT2D eigenvalue weighted by molar-refractivity contribution is -0.159. The maximum absolute atomic E-state index is 13.6. The van der Waals surface area contributed by atoms with Crippen molar-refractivity contribution in [2.24, 2.45) is 11.7 Å². The summed E-state index contributed by atoms with van der Waals surface area (Å²) in [6, 6.07) is 2.69. The lowest BCUT2D eigenvalue weighted by Gasteiger charge is -2.28. The zero-order valence-electron chi connectivity index (χ0n) is 30.6. The van der Waals surface area contributed by atoms with Gasteiger partial charge in [-0.25, -0.2) is 25.2 Å². The molecule has 0 radical (unpaired) electrons. The number of amides is 4. The van der Waals surface area contributed by atoms with Crippen LogP contribution in [0.15, 0.2) is 24.3 Å². The number of ether oxygens (including phenoxy) is 2. The zero-order valence-corrected chi connectivity index (χ0v) is 30.6. The highest BCUT2D eigenvalue weighted by molar-refractivity contribution is 5.93. The predicted molar refractivity (Wildman–Crippen MR) is 189 cm³/mol. The number of nitrogens with zero attached hydrogens (tertiary/aromatic N) is 2. The molecule has 0 saturated carbocycles. The van der Waals surface area contributed by atoms with Crippen molar-refractivity contribution in [1.82, 2.24) is 26.2 Å². The molecular formula is C34H55N7O13. The number of phenols is 1. The van der Waals surface area contributed by atoms with Crippen molar-refractivity contribution in [2.75, 3.05) is 19.7 Å². The van der Waals surface area contributed by atoms with E-state index in [1.165, 1.54) is 36.7 Å². The van der Waals surface area contributed by atoms with Gasteiger partial charge in [0.1, 0.15) is 36.1 Å². The first-order valence-electron chi connectivity index (χ1n) is 17.8. The molecule has 1 rings (SSSR count). The van der Waals surface area contributed by atoms with Gasteiger partial charge in [0.05, 0.1) is 5.92 Å². The molecule has 0 unspecified atom stereocenters. The highest BCUT2D eigenvalue weighted by atomic mass is 16.6. The summed E-state index contributed by atoms with van der Waals surface area (Å²) in [7, 11) is 0. The van der Waals surface area contributed by atoms with E-state index in [0.29, 0.717) is 16.5 Å². The maximum atomic E-state index is 13.6. The Kier molecular flexibility index (Phi) is 22.5. The van der Waals surface area contributed by atoms with Gasteiger partial charge in [0.25, 0.3) is 11.8 Å². The molecule has 11 N–H and O–H groups in total. The fourth-order valence-electron chi connectivity index (χ4n) is 5.13. The number of benzene rings is 1. The van der Waals surface area contributed by atoms with Crippen LogP contribution in [-0.4, -0.2) is 122 Å². The van der Waals surface area contributed by atoms with E-state index >= 15 is 0 Å². The van der Waals surface area contributed by atoms with Gasteiger partial charge in [0.2, 0.25) is 18.3 Å². The Morgan fingerprint density at radius 2 is 1.50 bits per heavy atom. The number of nitrogens with two attached hydrogens (primary N) is 1. The molecule has 1 aromatic rings. The number of hydrogen-bond acceptors (Lipinski definition) is 14. The number of nitrogens with one attached hydrogen (secondary N) is 4. The molecule has 1 aromatic carbocycles. The smallest absolute Gasteiger partial charge is 0.342 e. The van der Waals surface area contributed by atoms with Crippen LogP contribution < -0.4 is 21.8 Å². The molecule has 20 heteroatoms. The number of aliphatic hydroxyl groups excluding tert-OH is 1. The zero-order chi connectivity index (χ0) is 40.6. The molecule has 304 valence electrons. The van der Waals surface area contributed by atoms with Gasteiger partial charge in [-0.15, -0.1) is 0 Å². The molecule has 0 bridgehead atoms. The number of unbranched alkanes of at least 4 members (excludes halogenated alkanes) is 5. The van der Waals surface area contributed by atoms with Crippen molar-refractivity contribution in [2.45, 2.75) is 109 Å². The third-order valence-corrected chi connectivity index (χ3v) is 8.37. The largest absolute Gasteiger partial charge is 0.507 e. The minimum absolute atomic E-state index is 0.0291. The van der Waals surface area contributed by atoms with Crippen molar-refractivity contribution in [3.05, 3.63) is 29.8 Å². The van der Waals surface area contributed by atoms with Crippen molar-refractivity contribution in [3.63, 3.8) is 0 Å². The summed E-state index contributed by atoms with van der Waals surface area (Å²) in [6.07, 6.45) is 2.21. The van der Waals surface area contributed by atoms with Gasteiger partial charge in [0, 0.05) is 13.1 Å². The minimum Gasteiger partial charge on any atom is -0.507 e. The van der Waals surface area contributed by atoms with Crippen molar-refractivity contribution in [1.29, 1.82) is 5.41 Å². The molecule has 0 aliphatic heterocycles. The lowest BCUT2D eigenvalue weighted by atomic mass is 9.96. The number of hydroxylamine groups is 5. The van der Waals surface area contributed by atoms with Gasteiger partial charge in [-0.3, -0.25) is 40.2 Å². The first-order valence-corrected chi connectivity index (χ1v) is 17.8. The van der Waals surface area contributed by atoms with Crippen LogP contribution in [-0.2, 0) is 33.4 Å². The average Bonchev–Trinajstić information content (AvgIpc) is 3.15. The molecule has 0 fully saturated rings. The molecule has 0 aromatic heterocycles. The molecule has 0 spiro atoms. The van der Waals surface area contributed by atoms with E-state index in [4.69, 9.17) is 20.6 Å². The summed E-state index contributed by atoms with van der Waals surface area (Å²) in [5.74, 6) is -6.98. The number of guanidine groups is 1. The van der Waals surface area contributed by atoms with Gasteiger partial charge in [-0.05, 0) is 50.7 Å². The normalized spacial score (nSPS) is 13.6. The quantitative estimate of drug-likeness (QED) is 0.0112. The third-order valence-electron chi connectivity index (χ3n) is 8.37. The summed E-state index contributed by atoms with van der Waals surface area (Å²) in [5.41, 5.74) is 6.46. The Balaban J connectivity index is 3.16. The van der Waals surface area contributed by atoms with E-state index in [0.717, 1.165) is 32.1 Å². The molecule has 5 atom stereocenters. The number of esters is 2. The van der Waals surface area contributed by atoms with Crippen LogP contribution in [0.1, 0.15) is 94.8 Å². The maximum Gasteiger partial charge on any atom is 0.342 e.